The van der Waals surface area contributed by atoms with Gasteiger partial charge in [0, 0.05) is 20.4 Å². The SMILES string of the molecule is C=CCOC(=O)NC1C2C(=O)CC(c3ccc(O)cc32)C1C(=O)OCC[Si](C)(C)C. The van der Waals surface area contributed by atoms with Crippen molar-refractivity contribution in [2.75, 3.05) is 13.2 Å². The Morgan fingerprint density at radius 2 is 2.00 bits per heavy atom. The lowest BCUT2D eigenvalue weighted by Gasteiger charge is -2.47. The predicted octanol–water partition coefficient (Wildman–Crippen LogP) is 3.32. The Hall–Kier alpha value is -2.61. The Bertz CT molecular complexity index is 862. The number of benzene rings is 1. The highest BCUT2D eigenvalue weighted by atomic mass is 28.3. The van der Waals surface area contributed by atoms with Gasteiger partial charge < -0.3 is 19.9 Å². The number of carbonyl (C=O) groups is 3. The van der Waals surface area contributed by atoms with E-state index in [0.29, 0.717) is 12.2 Å². The molecule has 1 fully saturated rings. The van der Waals surface area contributed by atoms with Gasteiger partial charge in [0.05, 0.1) is 24.5 Å². The Labute approximate surface area is 177 Å². The first kappa shape index (κ1) is 22.1. The van der Waals surface area contributed by atoms with Crippen LogP contribution < -0.4 is 5.32 Å². The van der Waals surface area contributed by atoms with E-state index >= 15 is 0 Å². The van der Waals surface area contributed by atoms with Gasteiger partial charge in [-0.1, -0.05) is 38.4 Å². The molecule has 0 heterocycles. The summed E-state index contributed by atoms with van der Waals surface area (Å²) >= 11 is 0. The molecule has 7 nitrogen and oxygen atoms in total. The molecule has 1 amide bonds. The van der Waals surface area contributed by atoms with Gasteiger partial charge in [-0.05, 0) is 29.3 Å². The van der Waals surface area contributed by atoms with Crippen LogP contribution in [0, 0.1) is 5.92 Å². The summed E-state index contributed by atoms with van der Waals surface area (Å²) in [5.74, 6) is -2.29. The molecule has 1 aromatic rings. The molecule has 0 saturated heterocycles. The maximum Gasteiger partial charge on any atom is 0.407 e. The second kappa shape index (κ2) is 8.63. The number of ether oxygens (including phenoxy) is 2. The van der Waals surface area contributed by atoms with Crippen molar-refractivity contribution in [1.82, 2.24) is 5.32 Å². The molecule has 2 bridgehead atoms. The van der Waals surface area contributed by atoms with Gasteiger partial charge in [0.15, 0.2) is 0 Å². The summed E-state index contributed by atoms with van der Waals surface area (Å²) in [4.78, 5) is 38.2. The number of phenols is 1. The smallest absolute Gasteiger partial charge is 0.407 e. The van der Waals surface area contributed by atoms with Gasteiger partial charge in [-0.3, -0.25) is 9.59 Å². The van der Waals surface area contributed by atoms with E-state index in [1.807, 2.05) is 0 Å². The molecule has 162 valence electrons. The molecule has 0 radical (unpaired) electrons. The summed E-state index contributed by atoms with van der Waals surface area (Å²) in [6.45, 7) is 10.4. The van der Waals surface area contributed by atoms with Gasteiger partial charge in [0.25, 0.3) is 0 Å². The molecule has 8 heteroatoms. The van der Waals surface area contributed by atoms with Crippen LogP contribution in [-0.4, -0.2) is 50.3 Å². The highest BCUT2D eigenvalue weighted by Gasteiger charge is 2.55. The number of aromatic hydroxyl groups is 1. The highest BCUT2D eigenvalue weighted by molar-refractivity contribution is 6.76. The lowest BCUT2D eigenvalue weighted by molar-refractivity contribution is -0.152. The Morgan fingerprint density at radius 1 is 1.27 bits per heavy atom. The van der Waals surface area contributed by atoms with Crippen molar-refractivity contribution in [2.24, 2.45) is 5.92 Å². The fourth-order valence-corrected chi connectivity index (χ4v) is 5.03. The van der Waals surface area contributed by atoms with Gasteiger partial charge in [-0.15, -0.1) is 0 Å². The molecule has 3 aliphatic carbocycles. The number of amides is 1. The van der Waals surface area contributed by atoms with Crippen molar-refractivity contribution in [2.45, 2.75) is 50.0 Å². The molecule has 1 saturated carbocycles. The largest absolute Gasteiger partial charge is 0.508 e. The van der Waals surface area contributed by atoms with Crippen molar-refractivity contribution in [3.8, 4) is 5.75 Å². The molecule has 4 unspecified atom stereocenters. The molecular formula is C22H29NO6Si. The minimum atomic E-state index is -1.38. The second-order valence-corrected chi connectivity index (χ2v) is 14.8. The molecule has 4 rings (SSSR count). The fraction of sp³-hybridized carbons (Fsp3) is 0.500. The number of esters is 1. The predicted molar refractivity (Wildman–Crippen MR) is 114 cm³/mol. The van der Waals surface area contributed by atoms with E-state index in [4.69, 9.17) is 9.47 Å². The molecule has 0 spiro atoms. The molecule has 30 heavy (non-hydrogen) atoms. The van der Waals surface area contributed by atoms with Crippen LogP contribution in [0.1, 0.15) is 29.4 Å². The number of nitrogens with one attached hydrogen (secondary N) is 1. The topological polar surface area (TPSA) is 102 Å². The average Bonchev–Trinajstić information content (AvgIpc) is 2.64. The highest BCUT2D eigenvalue weighted by Crippen LogP contribution is 2.52. The lowest BCUT2D eigenvalue weighted by atomic mass is 9.58. The third-order valence-corrected chi connectivity index (χ3v) is 7.44. The number of carbonyl (C=O) groups excluding carboxylic acids is 3. The first-order chi connectivity index (χ1) is 14.1. The maximum absolute atomic E-state index is 13.1. The van der Waals surface area contributed by atoms with E-state index < -0.39 is 43.9 Å². The number of Topliss-reactive ketones (excluding diaryl/α,β-unsaturated/α-hetero) is 1. The number of rotatable bonds is 7. The van der Waals surface area contributed by atoms with Gasteiger partial charge in [-0.2, -0.15) is 0 Å². The van der Waals surface area contributed by atoms with Crippen LogP contribution >= 0.6 is 0 Å². The minimum absolute atomic E-state index is 0.0172. The normalized spacial score (nSPS) is 24.7. The first-order valence-corrected chi connectivity index (χ1v) is 13.9. The Balaban J connectivity index is 1.90. The van der Waals surface area contributed by atoms with E-state index in [1.165, 1.54) is 6.08 Å². The van der Waals surface area contributed by atoms with Crippen LogP contribution in [0.5, 0.6) is 5.75 Å². The molecule has 3 aliphatic rings. The summed E-state index contributed by atoms with van der Waals surface area (Å²) < 4.78 is 10.6. The van der Waals surface area contributed by atoms with Crippen molar-refractivity contribution in [1.29, 1.82) is 0 Å². The number of phenolic OH excluding ortho intramolecular Hbond substituents is 1. The monoisotopic (exact) mass is 431 g/mol. The molecule has 0 aromatic heterocycles. The number of hydrogen-bond donors (Lipinski definition) is 2. The molecule has 4 atom stereocenters. The van der Waals surface area contributed by atoms with Gasteiger partial charge in [-0.25, -0.2) is 4.79 Å². The van der Waals surface area contributed by atoms with Gasteiger partial charge in [0.2, 0.25) is 0 Å². The zero-order valence-corrected chi connectivity index (χ0v) is 18.6. The van der Waals surface area contributed by atoms with E-state index in [2.05, 4.69) is 31.5 Å². The van der Waals surface area contributed by atoms with E-state index in [9.17, 15) is 19.5 Å². The Kier molecular flexibility index (Phi) is 6.35. The number of hydrogen-bond acceptors (Lipinski definition) is 6. The van der Waals surface area contributed by atoms with Crippen LogP contribution in [0.15, 0.2) is 30.9 Å². The zero-order valence-electron chi connectivity index (χ0n) is 17.6. The molecule has 0 aliphatic heterocycles. The summed E-state index contributed by atoms with van der Waals surface area (Å²) in [6, 6.07) is 4.90. The quantitative estimate of drug-likeness (QED) is 0.390. The van der Waals surface area contributed by atoms with E-state index in [1.54, 1.807) is 18.2 Å². The number of ketones is 1. The fourth-order valence-electron chi connectivity index (χ4n) is 4.32. The van der Waals surface area contributed by atoms with Crippen LogP contribution in [0.2, 0.25) is 25.7 Å². The van der Waals surface area contributed by atoms with Crippen molar-refractivity contribution < 1.29 is 29.0 Å². The third-order valence-electron chi connectivity index (χ3n) is 5.74. The van der Waals surface area contributed by atoms with Crippen molar-refractivity contribution >= 4 is 25.9 Å². The van der Waals surface area contributed by atoms with Crippen LogP contribution in [0.25, 0.3) is 0 Å². The summed E-state index contributed by atoms with van der Waals surface area (Å²) in [6.07, 6.45) is 0.922. The van der Waals surface area contributed by atoms with Crippen LogP contribution in [0.3, 0.4) is 0 Å². The van der Waals surface area contributed by atoms with Gasteiger partial charge in [0.1, 0.15) is 18.1 Å². The summed E-state index contributed by atoms with van der Waals surface area (Å²) in [5.41, 5.74) is 1.50. The summed E-state index contributed by atoms with van der Waals surface area (Å²) in [5, 5.41) is 12.6. The lowest BCUT2D eigenvalue weighted by Crippen LogP contribution is -2.58. The number of fused-ring (bicyclic) bond motifs is 2. The minimum Gasteiger partial charge on any atom is -0.508 e. The standard InChI is InChI=1S/C22H29NO6Si/c1-5-8-29-22(27)23-20-18-15-11-13(24)6-7-14(15)16(12-17(18)25)19(20)21(26)28-9-10-30(2,3)4/h5-7,11,16,18-20,24H,1,8-10,12H2,2-4H3,(H,23,27). The second-order valence-electron chi connectivity index (χ2n) is 9.13. The molecular weight excluding hydrogens is 402 g/mol. The van der Waals surface area contributed by atoms with E-state index in [-0.39, 0.29) is 24.6 Å². The average molecular weight is 432 g/mol. The third kappa shape index (κ3) is 4.58. The maximum atomic E-state index is 13.1. The first-order valence-electron chi connectivity index (χ1n) is 10.2. The zero-order chi connectivity index (χ0) is 22.1. The van der Waals surface area contributed by atoms with Crippen molar-refractivity contribution in [3.63, 3.8) is 0 Å². The van der Waals surface area contributed by atoms with E-state index in [0.717, 1.165) is 11.6 Å². The molecule has 2 N–H and O–H groups in total. The van der Waals surface area contributed by atoms with Crippen LogP contribution in [-0.2, 0) is 19.1 Å². The van der Waals surface area contributed by atoms with Crippen molar-refractivity contribution in [3.05, 3.63) is 42.0 Å². The summed E-state index contributed by atoms with van der Waals surface area (Å²) in [7, 11) is -1.38. The van der Waals surface area contributed by atoms with Crippen LogP contribution in [0.4, 0.5) is 4.79 Å². The number of alkyl carbamates (subject to hydrolysis) is 1. The van der Waals surface area contributed by atoms with Gasteiger partial charge >= 0.3 is 12.1 Å². The Morgan fingerprint density at radius 3 is 2.67 bits per heavy atom. The molecule has 1 aromatic carbocycles.